The van der Waals surface area contributed by atoms with Gasteiger partial charge in [0.05, 0.1) is 5.52 Å². The van der Waals surface area contributed by atoms with E-state index in [0.29, 0.717) is 0 Å². The third-order valence-corrected chi connectivity index (χ3v) is 8.78. The smallest absolute Gasteiger partial charge is 0.0802 e. The van der Waals surface area contributed by atoms with Crippen molar-refractivity contribution >= 4 is 64.8 Å². The zero-order chi connectivity index (χ0) is 27.6. The summed E-state index contributed by atoms with van der Waals surface area (Å²) in [6.45, 7) is 0. The van der Waals surface area contributed by atoms with Crippen molar-refractivity contribution in [1.29, 1.82) is 0 Å². The van der Waals surface area contributed by atoms with Gasteiger partial charge in [-0.1, -0.05) is 103 Å². The van der Waals surface area contributed by atoms with E-state index in [4.69, 9.17) is 4.98 Å². The minimum atomic E-state index is 0.997. The summed E-state index contributed by atoms with van der Waals surface area (Å²) < 4.78 is 0. The van der Waals surface area contributed by atoms with Crippen LogP contribution < -0.4 is 0 Å². The third kappa shape index (κ3) is 3.39. The minimum absolute atomic E-state index is 0.997. The minimum Gasteiger partial charge on any atom is -0.264 e. The Hall–Kier alpha value is -5.60. The molecule has 2 heteroatoms. The molecule has 0 atom stereocenters. The van der Waals surface area contributed by atoms with Crippen LogP contribution >= 0.6 is 0 Å². The highest BCUT2D eigenvalue weighted by Gasteiger charge is 2.12. The lowest BCUT2D eigenvalue weighted by molar-refractivity contribution is 1.36. The molecule has 42 heavy (non-hydrogen) atoms. The van der Waals surface area contributed by atoms with E-state index >= 15 is 0 Å². The molecule has 0 aliphatic rings. The lowest BCUT2D eigenvalue weighted by atomic mass is 9.91. The van der Waals surface area contributed by atoms with Crippen LogP contribution in [-0.2, 0) is 0 Å². The van der Waals surface area contributed by atoms with Gasteiger partial charge in [-0.3, -0.25) is 9.97 Å². The van der Waals surface area contributed by atoms with Crippen molar-refractivity contribution in [1.82, 2.24) is 9.97 Å². The SMILES string of the molecule is c1ccc2c(c1)c1ccccc1c1cc(-c3ccc(-c4ccc5c(c4)c4cccnc4c4cnccc54)cc3)ccc21. The molecule has 0 aliphatic heterocycles. The topological polar surface area (TPSA) is 25.8 Å². The van der Waals surface area contributed by atoms with Crippen LogP contribution in [0.15, 0.2) is 146 Å². The summed E-state index contributed by atoms with van der Waals surface area (Å²) in [6.07, 6.45) is 5.65. The monoisotopic (exact) mass is 532 g/mol. The Bertz CT molecular complexity index is 2260. The van der Waals surface area contributed by atoms with Crippen molar-refractivity contribution in [3.05, 3.63) is 146 Å². The van der Waals surface area contributed by atoms with Gasteiger partial charge < -0.3 is 0 Å². The normalized spacial score (nSPS) is 11.8. The van der Waals surface area contributed by atoms with E-state index < -0.39 is 0 Å². The maximum absolute atomic E-state index is 4.72. The number of hydrogen-bond acceptors (Lipinski definition) is 2. The van der Waals surface area contributed by atoms with Crippen molar-refractivity contribution in [3.63, 3.8) is 0 Å². The number of rotatable bonds is 2. The zero-order valence-electron chi connectivity index (χ0n) is 22.8. The molecule has 0 spiro atoms. The summed E-state index contributed by atoms with van der Waals surface area (Å²) in [5.41, 5.74) is 5.84. The van der Waals surface area contributed by atoms with Crippen LogP contribution in [0.1, 0.15) is 0 Å². The first-order chi connectivity index (χ1) is 20.8. The number of hydrogen-bond donors (Lipinski definition) is 0. The summed E-state index contributed by atoms with van der Waals surface area (Å²) in [7, 11) is 0. The maximum atomic E-state index is 4.72. The van der Waals surface area contributed by atoms with Gasteiger partial charge in [-0.25, -0.2) is 0 Å². The Morgan fingerprint density at radius 1 is 0.310 bits per heavy atom. The van der Waals surface area contributed by atoms with Crippen LogP contribution in [0.25, 0.3) is 87.0 Å². The fourth-order valence-electron chi connectivity index (χ4n) is 6.78. The second-order valence-electron chi connectivity index (χ2n) is 11.0. The second kappa shape index (κ2) is 8.95. The van der Waals surface area contributed by atoms with Gasteiger partial charge >= 0.3 is 0 Å². The Labute approximate surface area is 242 Å². The van der Waals surface area contributed by atoms with E-state index in [0.717, 1.165) is 16.3 Å². The predicted octanol–water partition coefficient (Wildman–Crippen LogP) is 10.7. The number of pyridine rings is 2. The largest absolute Gasteiger partial charge is 0.264 e. The third-order valence-electron chi connectivity index (χ3n) is 8.78. The van der Waals surface area contributed by atoms with Crippen molar-refractivity contribution in [2.24, 2.45) is 0 Å². The number of benzene rings is 7. The Kier molecular flexibility index (Phi) is 4.93. The summed E-state index contributed by atoms with van der Waals surface area (Å²) in [6, 6.07) is 46.4. The standard InChI is InChI=1S/C40H24N2/c1-2-8-31-29(6-1)30-7-3-4-9-32(30)37-22-27(15-17-33(31)37)25-11-13-26(14-12-25)28-16-18-34-35-19-21-41-24-39(35)40-36(38(34)23-28)10-5-20-42-40/h1-24H. The van der Waals surface area contributed by atoms with Gasteiger partial charge in [-0.05, 0) is 95.0 Å². The van der Waals surface area contributed by atoms with Crippen LogP contribution in [-0.4, -0.2) is 9.97 Å². The zero-order valence-corrected chi connectivity index (χ0v) is 22.8. The Balaban J connectivity index is 1.17. The van der Waals surface area contributed by atoms with E-state index in [9.17, 15) is 0 Å². The van der Waals surface area contributed by atoms with Crippen molar-refractivity contribution < 1.29 is 0 Å². The highest BCUT2D eigenvalue weighted by Crippen LogP contribution is 2.38. The molecule has 2 nitrogen and oxygen atoms in total. The second-order valence-corrected chi connectivity index (χ2v) is 11.0. The molecule has 2 aromatic heterocycles. The summed E-state index contributed by atoms with van der Waals surface area (Å²) in [5.74, 6) is 0. The predicted molar refractivity (Wildman–Crippen MR) is 178 cm³/mol. The highest BCUT2D eigenvalue weighted by atomic mass is 14.7. The molecule has 9 rings (SSSR count). The first-order valence-electron chi connectivity index (χ1n) is 14.3. The average molecular weight is 533 g/mol. The van der Waals surface area contributed by atoms with E-state index in [1.807, 2.05) is 24.7 Å². The molecule has 0 N–H and O–H groups in total. The van der Waals surface area contributed by atoms with Crippen LogP contribution in [0, 0.1) is 0 Å². The Morgan fingerprint density at radius 2 is 0.762 bits per heavy atom. The van der Waals surface area contributed by atoms with Gasteiger partial charge in [0.15, 0.2) is 0 Å². The maximum Gasteiger partial charge on any atom is 0.0802 e. The summed E-state index contributed by atoms with van der Waals surface area (Å²) in [5, 5.41) is 13.7. The van der Waals surface area contributed by atoms with Gasteiger partial charge in [-0.15, -0.1) is 0 Å². The van der Waals surface area contributed by atoms with Crippen molar-refractivity contribution in [3.8, 4) is 22.3 Å². The lowest BCUT2D eigenvalue weighted by Crippen LogP contribution is -1.88. The molecule has 0 radical (unpaired) electrons. The van der Waals surface area contributed by atoms with Gasteiger partial charge in [0.2, 0.25) is 0 Å². The molecule has 7 aromatic carbocycles. The molecule has 0 saturated carbocycles. The van der Waals surface area contributed by atoms with E-state index in [2.05, 4.69) is 126 Å². The van der Waals surface area contributed by atoms with Crippen molar-refractivity contribution in [2.45, 2.75) is 0 Å². The van der Waals surface area contributed by atoms with Crippen LogP contribution in [0.5, 0.6) is 0 Å². The Morgan fingerprint density at radius 3 is 1.36 bits per heavy atom. The van der Waals surface area contributed by atoms with E-state index in [1.165, 1.54) is 70.7 Å². The van der Waals surface area contributed by atoms with Crippen LogP contribution in [0.3, 0.4) is 0 Å². The molecule has 194 valence electrons. The van der Waals surface area contributed by atoms with Crippen molar-refractivity contribution in [2.75, 3.05) is 0 Å². The fourth-order valence-corrected chi connectivity index (χ4v) is 6.78. The molecule has 2 heterocycles. The van der Waals surface area contributed by atoms with E-state index in [1.54, 1.807) is 0 Å². The molecule has 0 fully saturated rings. The molecular formula is C40H24N2. The summed E-state index contributed by atoms with van der Waals surface area (Å²) >= 11 is 0. The number of aromatic nitrogens is 2. The highest BCUT2D eigenvalue weighted by molar-refractivity contribution is 6.26. The van der Waals surface area contributed by atoms with Crippen LogP contribution in [0.2, 0.25) is 0 Å². The first kappa shape index (κ1) is 23.1. The number of nitrogens with zero attached hydrogens (tertiary/aromatic N) is 2. The van der Waals surface area contributed by atoms with Gasteiger partial charge in [0.1, 0.15) is 0 Å². The summed E-state index contributed by atoms with van der Waals surface area (Å²) in [4.78, 5) is 9.10. The van der Waals surface area contributed by atoms with Gasteiger partial charge in [0, 0.05) is 29.4 Å². The van der Waals surface area contributed by atoms with Gasteiger partial charge in [-0.2, -0.15) is 0 Å². The van der Waals surface area contributed by atoms with Crippen LogP contribution in [0.4, 0.5) is 0 Å². The lowest BCUT2D eigenvalue weighted by Gasteiger charge is -2.13. The quantitative estimate of drug-likeness (QED) is 0.207. The molecule has 9 aromatic rings. The molecule has 0 amide bonds. The first-order valence-corrected chi connectivity index (χ1v) is 14.3. The van der Waals surface area contributed by atoms with Gasteiger partial charge in [0.25, 0.3) is 0 Å². The van der Waals surface area contributed by atoms with E-state index in [-0.39, 0.29) is 0 Å². The fraction of sp³-hybridized carbons (Fsp3) is 0. The molecule has 0 aliphatic carbocycles. The average Bonchev–Trinajstić information content (AvgIpc) is 3.08. The molecule has 0 bridgehead atoms. The molecule has 0 saturated heterocycles. The molecular weight excluding hydrogens is 508 g/mol. The number of fused-ring (bicyclic) bond motifs is 12. The molecule has 0 unspecified atom stereocenters.